The predicted octanol–water partition coefficient (Wildman–Crippen LogP) is 5.66. The molecule has 0 saturated heterocycles. The van der Waals surface area contributed by atoms with Gasteiger partial charge in [-0.2, -0.15) is 5.10 Å². The molecule has 0 radical (unpaired) electrons. The van der Waals surface area contributed by atoms with Crippen LogP contribution in [0.4, 0.5) is 0 Å². The summed E-state index contributed by atoms with van der Waals surface area (Å²) in [7, 11) is 3.75. The quantitative estimate of drug-likeness (QED) is 0.227. The largest absolute Gasteiger partial charge is 0.365 e. The van der Waals surface area contributed by atoms with Crippen LogP contribution in [0.3, 0.4) is 0 Å². The highest BCUT2D eigenvalue weighted by Crippen LogP contribution is 2.10. The molecule has 0 aliphatic rings. The van der Waals surface area contributed by atoms with E-state index in [0.717, 1.165) is 34.6 Å². The van der Waals surface area contributed by atoms with Crippen LogP contribution in [-0.4, -0.2) is 36.0 Å². The van der Waals surface area contributed by atoms with Crippen molar-refractivity contribution in [1.29, 1.82) is 0 Å². The monoisotopic (exact) mass is 447 g/mol. The van der Waals surface area contributed by atoms with Crippen LogP contribution in [0.15, 0.2) is 57.4 Å². The first-order valence-electron chi connectivity index (χ1n) is 10.00. The summed E-state index contributed by atoms with van der Waals surface area (Å²) >= 11 is 3.31. The molecule has 6 heteroatoms. The molecular formula is C22H34BrN5. The Kier molecular flexibility index (Phi) is 12.9. The first-order valence-corrected chi connectivity index (χ1v) is 10.8. The zero-order chi connectivity index (χ0) is 20.6. The van der Waals surface area contributed by atoms with Crippen LogP contribution in [0.25, 0.3) is 0 Å². The molecule has 1 rings (SSSR count). The number of pyridine rings is 1. The molecule has 1 heterocycles. The van der Waals surface area contributed by atoms with E-state index >= 15 is 0 Å². The third kappa shape index (κ3) is 11.0. The van der Waals surface area contributed by atoms with E-state index in [9.17, 15) is 0 Å². The molecule has 1 aromatic rings. The molecule has 0 atom stereocenters. The predicted molar refractivity (Wildman–Crippen MR) is 125 cm³/mol. The number of unbranched alkanes of at least 4 members (excludes halogenated alkanes) is 5. The molecule has 0 aliphatic carbocycles. The fourth-order valence-electron chi connectivity index (χ4n) is 2.65. The lowest BCUT2D eigenvalue weighted by molar-refractivity contribution is 0.407. The van der Waals surface area contributed by atoms with Crippen molar-refractivity contribution in [3.8, 4) is 0 Å². The highest BCUT2D eigenvalue weighted by Gasteiger charge is 2.06. The molecule has 1 N–H and O–H groups in total. The van der Waals surface area contributed by atoms with E-state index in [2.05, 4.69) is 55.9 Å². The van der Waals surface area contributed by atoms with Crippen LogP contribution in [0.5, 0.6) is 0 Å². The van der Waals surface area contributed by atoms with Gasteiger partial charge in [-0.3, -0.25) is 15.0 Å². The van der Waals surface area contributed by atoms with Crippen LogP contribution in [0, 0.1) is 0 Å². The van der Waals surface area contributed by atoms with Crippen molar-refractivity contribution in [2.24, 2.45) is 10.1 Å². The van der Waals surface area contributed by atoms with Gasteiger partial charge in [-0.1, -0.05) is 51.7 Å². The van der Waals surface area contributed by atoms with Gasteiger partial charge in [0.25, 0.3) is 0 Å². The minimum absolute atomic E-state index is 0.621. The van der Waals surface area contributed by atoms with E-state index in [1.165, 1.54) is 32.1 Å². The Morgan fingerprint density at radius 1 is 1.25 bits per heavy atom. The van der Waals surface area contributed by atoms with Crippen molar-refractivity contribution in [2.45, 2.75) is 58.4 Å². The number of aliphatic imine (C=N–C) groups is 1. The van der Waals surface area contributed by atoms with Crippen LogP contribution in [0.2, 0.25) is 0 Å². The number of rotatable bonds is 14. The van der Waals surface area contributed by atoms with Crippen molar-refractivity contribution >= 4 is 27.9 Å². The molecule has 0 spiro atoms. The lowest BCUT2D eigenvalue weighted by Gasteiger charge is -2.19. The Morgan fingerprint density at radius 3 is 2.64 bits per heavy atom. The summed E-state index contributed by atoms with van der Waals surface area (Å²) in [6, 6.07) is 5.90. The molecule has 0 bridgehead atoms. The maximum absolute atomic E-state index is 4.47. The molecule has 0 saturated carbocycles. The molecule has 1 aromatic heterocycles. The van der Waals surface area contributed by atoms with Gasteiger partial charge in [0, 0.05) is 36.6 Å². The second-order valence-electron chi connectivity index (χ2n) is 6.65. The van der Waals surface area contributed by atoms with E-state index in [1.807, 2.05) is 32.3 Å². The third-order valence-electron chi connectivity index (χ3n) is 4.27. The van der Waals surface area contributed by atoms with Crippen molar-refractivity contribution in [3.63, 3.8) is 0 Å². The minimum atomic E-state index is 0.621. The van der Waals surface area contributed by atoms with Crippen molar-refractivity contribution in [2.75, 3.05) is 14.1 Å². The highest BCUT2D eigenvalue weighted by atomic mass is 79.9. The zero-order valence-electron chi connectivity index (χ0n) is 17.5. The van der Waals surface area contributed by atoms with Crippen LogP contribution < -0.4 is 5.32 Å². The van der Waals surface area contributed by atoms with E-state index in [0.29, 0.717) is 6.54 Å². The molecule has 0 aromatic carbocycles. The molecule has 0 fully saturated rings. The third-order valence-corrected chi connectivity index (χ3v) is 4.48. The normalized spacial score (nSPS) is 12.4. The Labute approximate surface area is 178 Å². The summed E-state index contributed by atoms with van der Waals surface area (Å²) in [6.45, 7) is 6.66. The van der Waals surface area contributed by atoms with Crippen LogP contribution in [-0.2, 0) is 6.54 Å². The SMILES string of the molecule is C=C(Br)/C=N\N(C)/C(=C\C(CCCCCCCC)=N/C)NCc1ccccn1. The lowest BCUT2D eigenvalue weighted by atomic mass is 10.1. The number of allylic oxidation sites excluding steroid dienone is 2. The second kappa shape index (κ2) is 15.0. The molecule has 154 valence electrons. The molecular weight excluding hydrogens is 414 g/mol. The Bertz CT molecular complexity index is 652. The van der Waals surface area contributed by atoms with E-state index in [1.54, 1.807) is 17.4 Å². The topological polar surface area (TPSA) is 52.9 Å². The van der Waals surface area contributed by atoms with Gasteiger partial charge < -0.3 is 5.32 Å². The highest BCUT2D eigenvalue weighted by molar-refractivity contribution is 9.12. The van der Waals surface area contributed by atoms with Crippen LogP contribution >= 0.6 is 15.9 Å². The molecule has 0 unspecified atom stereocenters. The Balaban J connectivity index is 2.74. The molecule has 0 aliphatic heterocycles. The fraction of sp³-hybridized carbons (Fsp3) is 0.500. The summed E-state index contributed by atoms with van der Waals surface area (Å²) < 4.78 is 0.722. The number of nitrogens with one attached hydrogen (secondary N) is 1. The number of aromatic nitrogens is 1. The van der Waals surface area contributed by atoms with Gasteiger partial charge in [0.2, 0.25) is 0 Å². The minimum Gasteiger partial charge on any atom is -0.365 e. The summed E-state index contributed by atoms with van der Waals surface area (Å²) in [6.07, 6.45) is 14.2. The second-order valence-corrected chi connectivity index (χ2v) is 7.67. The first-order chi connectivity index (χ1) is 13.6. The van der Waals surface area contributed by atoms with Gasteiger partial charge in [-0.05, 0) is 40.9 Å². The van der Waals surface area contributed by atoms with E-state index < -0.39 is 0 Å². The number of hydrazone groups is 1. The van der Waals surface area contributed by atoms with Crippen molar-refractivity contribution in [1.82, 2.24) is 15.3 Å². The Hall–Kier alpha value is -1.95. The van der Waals surface area contributed by atoms with Gasteiger partial charge in [-0.25, -0.2) is 0 Å². The van der Waals surface area contributed by atoms with Gasteiger partial charge in [-0.15, -0.1) is 0 Å². The Morgan fingerprint density at radius 2 is 2.00 bits per heavy atom. The number of halogens is 1. The summed E-state index contributed by atoms with van der Waals surface area (Å²) in [5, 5.41) is 9.63. The molecule has 5 nitrogen and oxygen atoms in total. The van der Waals surface area contributed by atoms with Crippen LogP contribution in [0.1, 0.15) is 57.6 Å². The number of hydrogen-bond donors (Lipinski definition) is 1. The summed E-state index contributed by atoms with van der Waals surface area (Å²) in [5.74, 6) is 0.877. The summed E-state index contributed by atoms with van der Waals surface area (Å²) in [4.78, 5) is 8.84. The average molecular weight is 448 g/mol. The van der Waals surface area contributed by atoms with Gasteiger partial charge in [0.15, 0.2) is 0 Å². The van der Waals surface area contributed by atoms with E-state index in [4.69, 9.17) is 0 Å². The van der Waals surface area contributed by atoms with Gasteiger partial charge in [0.1, 0.15) is 5.82 Å². The van der Waals surface area contributed by atoms with E-state index in [-0.39, 0.29) is 0 Å². The average Bonchev–Trinajstić information content (AvgIpc) is 2.71. The zero-order valence-corrected chi connectivity index (χ0v) is 19.1. The number of nitrogens with zero attached hydrogens (tertiary/aromatic N) is 4. The smallest absolute Gasteiger partial charge is 0.124 e. The van der Waals surface area contributed by atoms with Gasteiger partial charge >= 0.3 is 0 Å². The van der Waals surface area contributed by atoms with Crippen molar-refractivity contribution < 1.29 is 0 Å². The molecule has 28 heavy (non-hydrogen) atoms. The first kappa shape index (κ1) is 24.1. The maximum atomic E-state index is 4.47. The fourth-order valence-corrected chi connectivity index (χ4v) is 2.74. The molecule has 0 amide bonds. The standard InChI is InChI=1S/C22H34BrN5/c1-5-6-7-8-9-10-13-20(24-3)16-22(28(4)27-17-19(2)23)26-18-21-14-11-12-15-25-21/h11-12,14-17,26H,2,5-10,13,18H2,1,3-4H3/b22-16-,24-20-,27-17-. The van der Waals surface area contributed by atoms with Gasteiger partial charge in [0.05, 0.1) is 18.5 Å². The van der Waals surface area contributed by atoms with Crippen molar-refractivity contribution in [3.05, 3.63) is 53.0 Å². The summed E-state index contributed by atoms with van der Waals surface area (Å²) in [5.41, 5.74) is 2.04. The maximum Gasteiger partial charge on any atom is 0.124 e. The number of hydrogen-bond acceptors (Lipinski definition) is 5. The lowest BCUT2D eigenvalue weighted by Crippen LogP contribution is -2.26.